The Labute approximate surface area is 197 Å². The topological polar surface area (TPSA) is 108 Å². The molecule has 2 aliphatic rings. The van der Waals surface area contributed by atoms with E-state index in [1.54, 1.807) is 13.8 Å². The summed E-state index contributed by atoms with van der Waals surface area (Å²) < 4.78 is 29.8. The number of aromatic nitrogens is 2. The van der Waals surface area contributed by atoms with Gasteiger partial charge in [-0.15, -0.1) is 0 Å². The molecule has 2 fully saturated rings. The fraction of sp³-hybridized carbons (Fsp3) is 0.773. The molecular formula is C22H38N6O4S. The number of nitrogens with one attached hydrogen (secondary N) is 1. The number of carbonyl (C=O) groups excluding carboxylic acids is 2. The highest BCUT2D eigenvalue weighted by atomic mass is 32.2. The quantitative estimate of drug-likeness (QED) is 0.658. The van der Waals surface area contributed by atoms with Crippen LogP contribution in [0.2, 0.25) is 0 Å². The van der Waals surface area contributed by atoms with Crippen molar-refractivity contribution in [2.75, 3.05) is 46.3 Å². The highest BCUT2D eigenvalue weighted by molar-refractivity contribution is 7.89. The minimum absolute atomic E-state index is 0.0406. The van der Waals surface area contributed by atoms with Gasteiger partial charge in [0, 0.05) is 50.7 Å². The Morgan fingerprint density at radius 3 is 2.15 bits per heavy atom. The summed E-state index contributed by atoms with van der Waals surface area (Å²) >= 11 is 0. The summed E-state index contributed by atoms with van der Waals surface area (Å²) in [5.41, 5.74) is 0.451. The second-order valence-electron chi connectivity index (χ2n) is 10.3. The van der Waals surface area contributed by atoms with E-state index in [9.17, 15) is 18.0 Å². The molecule has 33 heavy (non-hydrogen) atoms. The molecule has 0 radical (unpaired) electrons. The van der Waals surface area contributed by atoms with Gasteiger partial charge >= 0.3 is 0 Å². The molecular weight excluding hydrogens is 444 g/mol. The first-order valence-corrected chi connectivity index (χ1v) is 13.1. The molecule has 2 amide bonds. The lowest BCUT2D eigenvalue weighted by Crippen LogP contribution is -2.51. The molecule has 0 aromatic carbocycles. The molecule has 2 aliphatic heterocycles. The molecule has 0 spiro atoms. The van der Waals surface area contributed by atoms with Gasteiger partial charge in [-0.2, -0.15) is 9.40 Å². The number of piperidine rings is 1. The van der Waals surface area contributed by atoms with E-state index in [1.807, 2.05) is 32.7 Å². The lowest BCUT2D eigenvalue weighted by atomic mass is 9.96. The van der Waals surface area contributed by atoms with Gasteiger partial charge in [-0.1, -0.05) is 0 Å². The SMILES string of the molecule is Cc1nn(CC(=O)NC(C)(C)C)c(C)c1S(=O)(=O)N1CCC(C(=O)N2CCN(C)CC2)CC1. The molecule has 0 saturated carbocycles. The number of aryl methyl sites for hydroxylation is 1. The zero-order valence-corrected chi connectivity index (χ0v) is 21.5. The van der Waals surface area contributed by atoms with E-state index in [-0.39, 0.29) is 34.7 Å². The van der Waals surface area contributed by atoms with Crippen molar-refractivity contribution in [2.24, 2.45) is 5.92 Å². The average molecular weight is 483 g/mol. The number of rotatable bonds is 5. The van der Waals surface area contributed by atoms with Gasteiger partial charge in [0.25, 0.3) is 0 Å². The third-order valence-electron chi connectivity index (χ3n) is 6.34. The number of hydrogen-bond donors (Lipinski definition) is 1. The molecule has 10 nitrogen and oxygen atoms in total. The van der Waals surface area contributed by atoms with Gasteiger partial charge in [0.2, 0.25) is 21.8 Å². The summed E-state index contributed by atoms with van der Waals surface area (Å²) in [5.74, 6) is -0.212. The van der Waals surface area contributed by atoms with Crippen LogP contribution in [0.15, 0.2) is 4.90 Å². The summed E-state index contributed by atoms with van der Waals surface area (Å²) in [6, 6.07) is 0. The standard InChI is InChI=1S/C22H38N6O4S/c1-16-20(17(2)28(24-16)15-19(29)23-22(3,4)5)33(31,32)27-9-7-18(8-10-27)21(30)26-13-11-25(6)12-14-26/h18H,7-15H2,1-6H3,(H,23,29). The van der Waals surface area contributed by atoms with Crippen molar-refractivity contribution in [3.8, 4) is 0 Å². The first kappa shape index (κ1) is 25.6. The van der Waals surface area contributed by atoms with Gasteiger partial charge in [-0.05, 0) is 54.5 Å². The second-order valence-corrected chi connectivity index (χ2v) is 12.1. The van der Waals surface area contributed by atoms with Gasteiger partial charge in [-0.25, -0.2) is 8.42 Å². The van der Waals surface area contributed by atoms with Crippen LogP contribution in [0.5, 0.6) is 0 Å². The summed E-state index contributed by atoms with van der Waals surface area (Å²) in [6.07, 6.45) is 1.04. The minimum atomic E-state index is -3.77. The lowest BCUT2D eigenvalue weighted by molar-refractivity contribution is -0.138. The van der Waals surface area contributed by atoms with Crippen molar-refractivity contribution >= 4 is 21.8 Å². The summed E-state index contributed by atoms with van der Waals surface area (Å²) in [6.45, 7) is 12.8. The van der Waals surface area contributed by atoms with Crippen molar-refractivity contribution < 1.29 is 18.0 Å². The molecule has 11 heteroatoms. The van der Waals surface area contributed by atoms with E-state index in [2.05, 4.69) is 15.3 Å². The van der Waals surface area contributed by atoms with Crippen LogP contribution in [0.4, 0.5) is 0 Å². The largest absolute Gasteiger partial charge is 0.350 e. The number of likely N-dealkylation sites (N-methyl/N-ethyl adjacent to an activating group) is 1. The third-order valence-corrected chi connectivity index (χ3v) is 8.49. The predicted octanol–water partition coefficient (Wildman–Crippen LogP) is 0.589. The maximum atomic E-state index is 13.4. The maximum Gasteiger partial charge on any atom is 0.246 e. The Hall–Kier alpha value is -1.98. The monoisotopic (exact) mass is 482 g/mol. The number of nitrogens with zero attached hydrogens (tertiary/aromatic N) is 5. The fourth-order valence-corrected chi connectivity index (χ4v) is 6.40. The van der Waals surface area contributed by atoms with E-state index < -0.39 is 10.0 Å². The first-order chi connectivity index (χ1) is 15.3. The Morgan fingerprint density at radius 1 is 1.03 bits per heavy atom. The van der Waals surface area contributed by atoms with Gasteiger partial charge in [-0.3, -0.25) is 14.3 Å². The van der Waals surface area contributed by atoms with Crippen molar-refractivity contribution in [1.82, 2.24) is 29.2 Å². The minimum Gasteiger partial charge on any atom is -0.350 e. The fourth-order valence-electron chi connectivity index (χ4n) is 4.56. The van der Waals surface area contributed by atoms with Crippen LogP contribution in [-0.2, 0) is 26.2 Å². The van der Waals surface area contributed by atoms with Gasteiger partial charge in [0.05, 0.1) is 11.4 Å². The molecule has 3 rings (SSSR count). The Bertz CT molecular complexity index is 981. The maximum absolute atomic E-state index is 13.4. The molecule has 0 aliphatic carbocycles. The average Bonchev–Trinajstić information content (AvgIpc) is 3.00. The Morgan fingerprint density at radius 2 is 1.61 bits per heavy atom. The van der Waals surface area contributed by atoms with Crippen LogP contribution in [0, 0.1) is 19.8 Å². The van der Waals surface area contributed by atoms with Crippen molar-refractivity contribution in [3.63, 3.8) is 0 Å². The summed E-state index contributed by atoms with van der Waals surface area (Å²) in [7, 11) is -1.72. The lowest BCUT2D eigenvalue weighted by Gasteiger charge is -2.37. The zero-order valence-electron chi connectivity index (χ0n) is 20.7. The number of sulfonamides is 1. The van der Waals surface area contributed by atoms with E-state index in [4.69, 9.17) is 0 Å². The normalized spacial score (nSPS) is 19.6. The smallest absolute Gasteiger partial charge is 0.246 e. The van der Waals surface area contributed by atoms with E-state index in [0.29, 0.717) is 37.3 Å². The van der Waals surface area contributed by atoms with Gasteiger partial charge < -0.3 is 15.1 Å². The van der Waals surface area contributed by atoms with Crippen LogP contribution in [0.3, 0.4) is 0 Å². The van der Waals surface area contributed by atoms with Crippen LogP contribution < -0.4 is 5.32 Å². The molecule has 1 aromatic heterocycles. The number of carbonyl (C=O) groups is 2. The van der Waals surface area contributed by atoms with Crippen molar-refractivity contribution in [1.29, 1.82) is 0 Å². The number of amides is 2. The number of hydrogen-bond acceptors (Lipinski definition) is 6. The second kappa shape index (κ2) is 9.71. The van der Waals surface area contributed by atoms with Crippen molar-refractivity contribution in [2.45, 2.75) is 64.4 Å². The van der Waals surface area contributed by atoms with Crippen LogP contribution in [-0.4, -0.2) is 96.0 Å². The molecule has 3 heterocycles. The van der Waals surface area contributed by atoms with Crippen LogP contribution >= 0.6 is 0 Å². The Kier molecular flexibility index (Phi) is 7.55. The van der Waals surface area contributed by atoms with E-state index in [0.717, 1.165) is 26.2 Å². The van der Waals surface area contributed by atoms with E-state index >= 15 is 0 Å². The molecule has 0 unspecified atom stereocenters. The molecule has 1 aromatic rings. The third kappa shape index (κ3) is 5.93. The molecule has 2 saturated heterocycles. The molecule has 0 bridgehead atoms. The highest BCUT2D eigenvalue weighted by Crippen LogP contribution is 2.28. The summed E-state index contributed by atoms with van der Waals surface area (Å²) in [4.78, 5) is 29.5. The molecule has 1 N–H and O–H groups in total. The first-order valence-electron chi connectivity index (χ1n) is 11.6. The van der Waals surface area contributed by atoms with E-state index in [1.165, 1.54) is 8.99 Å². The summed E-state index contributed by atoms with van der Waals surface area (Å²) in [5, 5.41) is 7.21. The molecule has 186 valence electrons. The van der Waals surface area contributed by atoms with Gasteiger partial charge in [0.1, 0.15) is 11.4 Å². The molecule has 0 atom stereocenters. The predicted molar refractivity (Wildman–Crippen MR) is 125 cm³/mol. The van der Waals surface area contributed by atoms with Crippen LogP contribution in [0.25, 0.3) is 0 Å². The van der Waals surface area contributed by atoms with Gasteiger partial charge in [0.15, 0.2) is 0 Å². The Balaban J connectivity index is 1.67. The van der Waals surface area contributed by atoms with Crippen molar-refractivity contribution in [3.05, 3.63) is 11.4 Å². The zero-order chi connectivity index (χ0) is 24.6. The number of piperazine rings is 1. The highest BCUT2D eigenvalue weighted by Gasteiger charge is 2.37. The van der Waals surface area contributed by atoms with Crippen LogP contribution in [0.1, 0.15) is 45.0 Å².